The third-order valence-electron chi connectivity index (χ3n) is 3.74. The molecule has 0 spiro atoms. The largest absolute Gasteiger partial charge is 0.339 e. The van der Waals surface area contributed by atoms with E-state index < -0.39 is 0 Å². The van der Waals surface area contributed by atoms with Gasteiger partial charge >= 0.3 is 0 Å². The summed E-state index contributed by atoms with van der Waals surface area (Å²) >= 11 is 1.78. The lowest BCUT2D eigenvalue weighted by Gasteiger charge is -2.33. The summed E-state index contributed by atoms with van der Waals surface area (Å²) in [7, 11) is 2.04. The average molecular weight is 281 g/mol. The summed E-state index contributed by atoms with van der Waals surface area (Å²) in [6, 6.07) is 4.20. The van der Waals surface area contributed by atoms with E-state index in [4.69, 9.17) is 0 Å². The van der Waals surface area contributed by atoms with E-state index in [-0.39, 0.29) is 11.9 Å². The predicted molar refractivity (Wildman–Crippen MR) is 79.6 cm³/mol. The van der Waals surface area contributed by atoms with Crippen LogP contribution in [0.2, 0.25) is 0 Å². The molecule has 1 aliphatic rings. The van der Waals surface area contributed by atoms with Gasteiger partial charge in [-0.3, -0.25) is 9.69 Å². The molecule has 1 fully saturated rings. The molecule has 1 aliphatic heterocycles. The maximum absolute atomic E-state index is 12.4. The van der Waals surface area contributed by atoms with Crippen LogP contribution in [-0.4, -0.2) is 61.5 Å². The Morgan fingerprint density at radius 1 is 1.53 bits per heavy atom. The number of thiophene rings is 1. The Balaban J connectivity index is 1.80. The highest BCUT2D eigenvalue weighted by Crippen LogP contribution is 2.11. The van der Waals surface area contributed by atoms with Gasteiger partial charge < -0.3 is 10.2 Å². The molecule has 0 radical (unpaired) electrons. The van der Waals surface area contributed by atoms with Gasteiger partial charge in [0, 0.05) is 37.6 Å². The zero-order valence-electron chi connectivity index (χ0n) is 11.8. The molecular weight excluding hydrogens is 258 g/mol. The molecule has 19 heavy (non-hydrogen) atoms. The van der Waals surface area contributed by atoms with Crippen LogP contribution in [-0.2, 0) is 11.2 Å². The van der Waals surface area contributed by atoms with E-state index in [9.17, 15) is 4.79 Å². The highest BCUT2D eigenvalue weighted by Gasteiger charge is 2.24. The van der Waals surface area contributed by atoms with Gasteiger partial charge in [0.05, 0.1) is 6.04 Å². The van der Waals surface area contributed by atoms with Crippen molar-refractivity contribution in [1.29, 1.82) is 0 Å². The number of hydrogen-bond acceptors (Lipinski definition) is 4. The van der Waals surface area contributed by atoms with Crippen molar-refractivity contribution in [3.05, 3.63) is 22.4 Å². The molecule has 106 valence electrons. The molecule has 1 unspecified atom stereocenters. The molecule has 1 N–H and O–H groups in total. The van der Waals surface area contributed by atoms with E-state index in [1.807, 2.05) is 18.9 Å². The lowest BCUT2D eigenvalue weighted by Crippen LogP contribution is -2.52. The van der Waals surface area contributed by atoms with Gasteiger partial charge in [-0.2, -0.15) is 0 Å². The molecule has 4 nitrogen and oxygen atoms in total. The first-order chi connectivity index (χ1) is 9.18. The van der Waals surface area contributed by atoms with E-state index >= 15 is 0 Å². The Bertz CT molecular complexity index is 387. The monoisotopic (exact) mass is 281 g/mol. The van der Waals surface area contributed by atoms with Gasteiger partial charge in [0.1, 0.15) is 0 Å². The Labute approximate surface area is 119 Å². The summed E-state index contributed by atoms with van der Waals surface area (Å²) in [5.41, 5.74) is 0. The Morgan fingerprint density at radius 3 is 2.89 bits per heavy atom. The molecule has 0 saturated carbocycles. The van der Waals surface area contributed by atoms with Crippen LogP contribution in [0.25, 0.3) is 0 Å². The average Bonchev–Trinajstić information content (AvgIpc) is 2.97. The molecule has 1 aromatic rings. The normalized spacial score (nSPS) is 17.7. The van der Waals surface area contributed by atoms with Gasteiger partial charge in [-0.1, -0.05) is 6.07 Å². The van der Waals surface area contributed by atoms with E-state index in [0.29, 0.717) is 0 Å². The molecule has 2 rings (SSSR count). The molecule has 0 aromatic carbocycles. The third kappa shape index (κ3) is 4.03. The molecule has 1 atom stereocenters. The van der Waals surface area contributed by atoms with Crippen molar-refractivity contribution in [2.75, 3.05) is 39.8 Å². The second-order valence-electron chi connectivity index (χ2n) is 5.06. The van der Waals surface area contributed by atoms with Crippen LogP contribution in [0.15, 0.2) is 17.5 Å². The van der Waals surface area contributed by atoms with Crippen LogP contribution >= 0.6 is 11.3 Å². The topological polar surface area (TPSA) is 35.6 Å². The highest BCUT2D eigenvalue weighted by molar-refractivity contribution is 7.09. The maximum Gasteiger partial charge on any atom is 0.239 e. The maximum atomic E-state index is 12.4. The van der Waals surface area contributed by atoms with Gasteiger partial charge in [-0.15, -0.1) is 11.3 Å². The van der Waals surface area contributed by atoms with Crippen LogP contribution in [0, 0.1) is 0 Å². The molecule has 0 bridgehead atoms. The lowest BCUT2D eigenvalue weighted by molar-refractivity contribution is -0.136. The number of rotatable bonds is 5. The Hall–Kier alpha value is -0.910. The number of nitrogens with one attached hydrogen (secondary N) is 1. The fourth-order valence-electron chi connectivity index (χ4n) is 2.27. The Morgan fingerprint density at radius 2 is 2.26 bits per heavy atom. The van der Waals surface area contributed by atoms with Gasteiger partial charge in [0.2, 0.25) is 5.91 Å². The van der Waals surface area contributed by atoms with Gasteiger partial charge in [-0.25, -0.2) is 0 Å². The summed E-state index contributed by atoms with van der Waals surface area (Å²) in [6.07, 6.45) is 1.02. The van der Waals surface area contributed by atoms with E-state index in [1.54, 1.807) is 11.3 Å². The first-order valence-corrected chi connectivity index (χ1v) is 7.78. The van der Waals surface area contributed by atoms with Gasteiger partial charge in [0.15, 0.2) is 0 Å². The molecule has 1 amide bonds. The molecular formula is C14H23N3OS. The van der Waals surface area contributed by atoms with Crippen LogP contribution in [0.4, 0.5) is 0 Å². The number of nitrogens with zero attached hydrogens (tertiary/aromatic N) is 2. The van der Waals surface area contributed by atoms with Crippen molar-refractivity contribution >= 4 is 17.2 Å². The summed E-state index contributed by atoms with van der Waals surface area (Å²) in [6.45, 7) is 6.44. The van der Waals surface area contributed by atoms with Crippen molar-refractivity contribution in [3.63, 3.8) is 0 Å². The van der Waals surface area contributed by atoms with Crippen molar-refractivity contribution in [2.24, 2.45) is 0 Å². The number of likely N-dealkylation sites (N-methyl/N-ethyl adjacent to an activating group) is 1. The second kappa shape index (κ2) is 7.03. The van der Waals surface area contributed by atoms with Crippen LogP contribution < -0.4 is 5.32 Å². The highest BCUT2D eigenvalue weighted by atomic mass is 32.1. The first-order valence-electron chi connectivity index (χ1n) is 6.90. The van der Waals surface area contributed by atoms with Crippen LogP contribution in [0.3, 0.4) is 0 Å². The van der Waals surface area contributed by atoms with Crippen molar-refractivity contribution < 1.29 is 4.79 Å². The number of carbonyl (C=O) groups is 1. The number of hydrogen-bond donors (Lipinski definition) is 1. The standard InChI is InChI=1S/C14H23N3OS/c1-12(14(18)17-9-6-15-7-10-17)16(2)8-5-13-4-3-11-19-13/h3-4,11-12,15H,5-10H2,1-2H3. The molecule has 1 aromatic heterocycles. The fraction of sp³-hybridized carbons (Fsp3) is 0.643. The minimum Gasteiger partial charge on any atom is -0.339 e. The van der Waals surface area contributed by atoms with Crippen LogP contribution in [0.1, 0.15) is 11.8 Å². The lowest BCUT2D eigenvalue weighted by atomic mass is 10.2. The van der Waals surface area contributed by atoms with E-state index in [1.165, 1.54) is 4.88 Å². The summed E-state index contributed by atoms with van der Waals surface area (Å²) < 4.78 is 0. The second-order valence-corrected chi connectivity index (χ2v) is 6.09. The van der Waals surface area contributed by atoms with Crippen LogP contribution in [0.5, 0.6) is 0 Å². The smallest absolute Gasteiger partial charge is 0.239 e. The van der Waals surface area contributed by atoms with Crippen molar-refractivity contribution in [2.45, 2.75) is 19.4 Å². The number of carbonyl (C=O) groups excluding carboxylic acids is 1. The minimum absolute atomic E-state index is 0.0296. The fourth-order valence-corrected chi connectivity index (χ4v) is 2.97. The zero-order valence-corrected chi connectivity index (χ0v) is 12.6. The first kappa shape index (κ1) is 14.5. The SMILES string of the molecule is CC(C(=O)N1CCNCC1)N(C)CCc1cccs1. The Kier molecular flexibility index (Phi) is 5.36. The summed E-state index contributed by atoms with van der Waals surface area (Å²) in [5.74, 6) is 0.259. The molecule has 1 saturated heterocycles. The molecule has 5 heteroatoms. The third-order valence-corrected chi connectivity index (χ3v) is 4.67. The molecule has 0 aliphatic carbocycles. The minimum atomic E-state index is -0.0296. The number of amides is 1. The van der Waals surface area contributed by atoms with Crippen molar-refractivity contribution in [1.82, 2.24) is 15.1 Å². The van der Waals surface area contributed by atoms with E-state index in [0.717, 1.165) is 39.1 Å². The van der Waals surface area contributed by atoms with E-state index in [2.05, 4.69) is 27.7 Å². The predicted octanol–water partition coefficient (Wildman–Crippen LogP) is 1.04. The zero-order chi connectivity index (χ0) is 13.7. The molecule has 2 heterocycles. The van der Waals surface area contributed by atoms with Crippen molar-refractivity contribution in [3.8, 4) is 0 Å². The van der Waals surface area contributed by atoms with Gasteiger partial charge in [-0.05, 0) is 31.8 Å². The number of piperazine rings is 1. The summed E-state index contributed by atoms with van der Waals surface area (Å²) in [5, 5.41) is 5.38. The van der Waals surface area contributed by atoms with Gasteiger partial charge in [0.25, 0.3) is 0 Å². The summed E-state index contributed by atoms with van der Waals surface area (Å²) in [4.78, 5) is 17.9. The quantitative estimate of drug-likeness (QED) is 0.876.